The standard InChI is InChI=1S/C18H19N3O/c19-12-15-8-4-10-20-18(15)21-13-16-9-5-11-22-17(16)14-6-2-1-3-7-14/h1-4,6-8,10,16-17H,5,9,11,13H2,(H,20,21)/t16-,17+/m0/s1. The maximum atomic E-state index is 9.13. The highest BCUT2D eigenvalue weighted by atomic mass is 16.5. The molecule has 1 saturated heterocycles. The minimum absolute atomic E-state index is 0.108. The van der Waals surface area contributed by atoms with E-state index in [0.717, 1.165) is 26.0 Å². The Balaban J connectivity index is 1.71. The lowest BCUT2D eigenvalue weighted by Crippen LogP contribution is -2.28. The average Bonchev–Trinajstić information content (AvgIpc) is 2.61. The molecular weight excluding hydrogens is 274 g/mol. The van der Waals surface area contributed by atoms with Crippen LogP contribution in [-0.2, 0) is 4.74 Å². The molecule has 2 heterocycles. The quantitative estimate of drug-likeness (QED) is 0.937. The monoisotopic (exact) mass is 293 g/mol. The molecule has 0 amide bonds. The molecule has 2 atom stereocenters. The summed E-state index contributed by atoms with van der Waals surface area (Å²) in [5.74, 6) is 1.03. The van der Waals surface area contributed by atoms with Crippen LogP contribution in [0.25, 0.3) is 0 Å². The van der Waals surface area contributed by atoms with Gasteiger partial charge < -0.3 is 10.1 Å². The molecule has 0 unspecified atom stereocenters. The number of anilines is 1. The molecule has 0 bridgehead atoms. The first-order valence-corrected chi connectivity index (χ1v) is 7.64. The predicted molar refractivity (Wildman–Crippen MR) is 85.3 cm³/mol. The van der Waals surface area contributed by atoms with Crippen LogP contribution in [0.1, 0.15) is 30.1 Å². The second kappa shape index (κ2) is 7.06. The molecule has 1 aromatic carbocycles. The number of aromatic nitrogens is 1. The number of hydrogen-bond donors (Lipinski definition) is 1. The maximum Gasteiger partial charge on any atom is 0.143 e. The van der Waals surface area contributed by atoms with Crippen LogP contribution in [-0.4, -0.2) is 18.1 Å². The second-order valence-corrected chi connectivity index (χ2v) is 5.50. The summed E-state index contributed by atoms with van der Waals surface area (Å²) in [4.78, 5) is 4.26. The van der Waals surface area contributed by atoms with Crippen molar-refractivity contribution >= 4 is 5.82 Å². The summed E-state index contributed by atoms with van der Waals surface area (Å²) in [7, 11) is 0. The van der Waals surface area contributed by atoms with Crippen LogP contribution in [0.5, 0.6) is 0 Å². The van der Waals surface area contributed by atoms with Crippen molar-refractivity contribution in [2.45, 2.75) is 18.9 Å². The average molecular weight is 293 g/mol. The number of benzene rings is 1. The van der Waals surface area contributed by atoms with Crippen molar-refractivity contribution in [3.63, 3.8) is 0 Å². The molecule has 22 heavy (non-hydrogen) atoms. The summed E-state index contributed by atoms with van der Waals surface area (Å²) >= 11 is 0. The van der Waals surface area contributed by atoms with E-state index in [2.05, 4.69) is 28.5 Å². The van der Waals surface area contributed by atoms with E-state index in [1.807, 2.05) is 18.2 Å². The Morgan fingerprint density at radius 3 is 2.91 bits per heavy atom. The fourth-order valence-electron chi connectivity index (χ4n) is 2.93. The fourth-order valence-corrected chi connectivity index (χ4v) is 2.93. The van der Waals surface area contributed by atoms with Gasteiger partial charge in [-0.25, -0.2) is 4.98 Å². The topological polar surface area (TPSA) is 57.9 Å². The summed E-state index contributed by atoms with van der Waals surface area (Å²) in [6, 6.07) is 16.1. The van der Waals surface area contributed by atoms with Crippen LogP contribution < -0.4 is 5.32 Å². The Kier molecular flexibility index (Phi) is 4.67. The van der Waals surface area contributed by atoms with Gasteiger partial charge in [0.15, 0.2) is 0 Å². The molecule has 3 rings (SSSR count). The number of nitriles is 1. The van der Waals surface area contributed by atoms with Crippen molar-refractivity contribution in [3.05, 3.63) is 59.8 Å². The Labute approximate surface area is 130 Å². The lowest BCUT2D eigenvalue weighted by molar-refractivity contribution is -0.0238. The molecule has 0 spiro atoms. The zero-order valence-electron chi connectivity index (χ0n) is 12.4. The molecular formula is C18H19N3O. The van der Waals surface area contributed by atoms with Gasteiger partial charge in [-0.05, 0) is 30.5 Å². The molecule has 1 aliphatic rings. The first kappa shape index (κ1) is 14.6. The molecule has 1 fully saturated rings. The smallest absolute Gasteiger partial charge is 0.143 e. The summed E-state index contributed by atoms with van der Waals surface area (Å²) in [5, 5.41) is 12.5. The van der Waals surface area contributed by atoms with Gasteiger partial charge in [-0.3, -0.25) is 0 Å². The van der Waals surface area contributed by atoms with Crippen molar-refractivity contribution in [2.24, 2.45) is 5.92 Å². The van der Waals surface area contributed by atoms with Crippen LogP contribution in [0, 0.1) is 17.2 Å². The Bertz CT molecular complexity index is 651. The number of rotatable bonds is 4. The molecule has 4 nitrogen and oxygen atoms in total. The highest BCUT2D eigenvalue weighted by molar-refractivity contribution is 5.51. The zero-order valence-corrected chi connectivity index (χ0v) is 12.4. The SMILES string of the molecule is N#Cc1cccnc1NC[C@@H]1CCCO[C@@H]1c1ccccc1. The van der Waals surface area contributed by atoms with Crippen molar-refractivity contribution < 1.29 is 4.74 Å². The maximum absolute atomic E-state index is 9.13. The van der Waals surface area contributed by atoms with Crippen LogP contribution in [0.2, 0.25) is 0 Å². The predicted octanol–water partition coefficient (Wildman–Crippen LogP) is 3.53. The highest BCUT2D eigenvalue weighted by Gasteiger charge is 2.27. The Hall–Kier alpha value is -2.38. The summed E-state index contributed by atoms with van der Waals surface area (Å²) < 4.78 is 6.00. The van der Waals surface area contributed by atoms with Crippen LogP contribution >= 0.6 is 0 Å². The molecule has 4 heteroatoms. The van der Waals surface area contributed by atoms with E-state index in [0.29, 0.717) is 17.3 Å². The number of ether oxygens (including phenoxy) is 1. The van der Waals surface area contributed by atoms with E-state index in [-0.39, 0.29) is 6.10 Å². The van der Waals surface area contributed by atoms with Crippen molar-refractivity contribution in [1.29, 1.82) is 5.26 Å². The molecule has 1 aliphatic heterocycles. The molecule has 112 valence electrons. The number of nitrogens with zero attached hydrogens (tertiary/aromatic N) is 2. The van der Waals surface area contributed by atoms with Gasteiger partial charge in [0.1, 0.15) is 11.9 Å². The van der Waals surface area contributed by atoms with E-state index in [9.17, 15) is 0 Å². The molecule has 2 aromatic rings. The zero-order chi connectivity index (χ0) is 15.2. The van der Waals surface area contributed by atoms with E-state index < -0.39 is 0 Å². The van der Waals surface area contributed by atoms with E-state index in [1.54, 1.807) is 18.3 Å². The van der Waals surface area contributed by atoms with E-state index in [4.69, 9.17) is 10.00 Å². The van der Waals surface area contributed by atoms with Crippen molar-refractivity contribution in [1.82, 2.24) is 4.98 Å². The van der Waals surface area contributed by atoms with Gasteiger partial charge in [-0.1, -0.05) is 30.3 Å². The number of pyridine rings is 1. The van der Waals surface area contributed by atoms with Gasteiger partial charge in [0, 0.05) is 25.3 Å². The van der Waals surface area contributed by atoms with E-state index >= 15 is 0 Å². The van der Waals surface area contributed by atoms with Crippen LogP contribution in [0.3, 0.4) is 0 Å². The van der Waals surface area contributed by atoms with Crippen molar-refractivity contribution in [3.8, 4) is 6.07 Å². The lowest BCUT2D eigenvalue weighted by Gasteiger charge is -2.32. The van der Waals surface area contributed by atoms with E-state index in [1.165, 1.54) is 5.56 Å². The third kappa shape index (κ3) is 3.26. The third-order valence-corrected chi connectivity index (χ3v) is 4.03. The second-order valence-electron chi connectivity index (χ2n) is 5.50. The Morgan fingerprint density at radius 1 is 1.23 bits per heavy atom. The molecule has 0 aliphatic carbocycles. The van der Waals surface area contributed by atoms with Gasteiger partial charge in [-0.15, -0.1) is 0 Å². The first-order valence-electron chi connectivity index (χ1n) is 7.64. The molecule has 0 radical (unpaired) electrons. The Morgan fingerprint density at radius 2 is 2.09 bits per heavy atom. The number of hydrogen-bond acceptors (Lipinski definition) is 4. The lowest BCUT2D eigenvalue weighted by atomic mass is 9.89. The van der Waals surface area contributed by atoms with Gasteiger partial charge >= 0.3 is 0 Å². The highest BCUT2D eigenvalue weighted by Crippen LogP contribution is 2.33. The molecule has 1 aromatic heterocycles. The number of nitrogens with one attached hydrogen (secondary N) is 1. The van der Waals surface area contributed by atoms with Gasteiger partial charge in [0.2, 0.25) is 0 Å². The third-order valence-electron chi connectivity index (χ3n) is 4.03. The minimum atomic E-state index is 0.108. The van der Waals surface area contributed by atoms with Gasteiger partial charge in [0.05, 0.1) is 11.7 Å². The largest absolute Gasteiger partial charge is 0.373 e. The summed E-state index contributed by atoms with van der Waals surface area (Å²) in [6.45, 7) is 1.56. The fraction of sp³-hybridized carbons (Fsp3) is 0.333. The molecule has 1 N–H and O–H groups in total. The van der Waals surface area contributed by atoms with Crippen LogP contribution in [0.4, 0.5) is 5.82 Å². The van der Waals surface area contributed by atoms with Crippen molar-refractivity contribution in [2.75, 3.05) is 18.5 Å². The van der Waals surface area contributed by atoms with Gasteiger partial charge in [-0.2, -0.15) is 5.26 Å². The minimum Gasteiger partial charge on any atom is -0.373 e. The van der Waals surface area contributed by atoms with Crippen LogP contribution in [0.15, 0.2) is 48.7 Å². The van der Waals surface area contributed by atoms with Gasteiger partial charge in [0.25, 0.3) is 0 Å². The first-order chi connectivity index (χ1) is 10.9. The summed E-state index contributed by atoms with van der Waals surface area (Å²) in [5.41, 5.74) is 1.80. The molecule has 0 saturated carbocycles. The normalized spacial score (nSPS) is 21.0. The summed E-state index contributed by atoms with van der Waals surface area (Å²) in [6.07, 6.45) is 4.00.